The van der Waals surface area contributed by atoms with Crippen molar-refractivity contribution in [3.63, 3.8) is 0 Å². The third-order valence-electron chi connectivity index (χ3n) is 3.66. The number of aliphatic hydroxyl groups excluding tert-OH is 1. The Labute approximate surface area is 120 Å². The number of hydrogen-bond acceptors (Lipinski definition) is 3. The average Bonchev–Trinajstić information content (AvgIpc) is 3.30. The van der Waals surface area contributed by atoms with Crippen LogP contribution in [0.2, 0.25) is 0 Å². The molecule has 1 aliphatic rings. The lowest BCUT2D eigenvalue weighted by atomic mass is 10.1. The van der Waals surface area contributed by atoms with Crippen LogP contribution in [0.3, 0.4) is 0 Å². The Morgan fingerprint density at radius 3 is 2.70 bits per heavy atom. The van der Waals surface area contributed by atoms with E-state index in [0.29, 0.717) is 18.2 Å². The van der Waals surface area contributed by atoms with Crippen LogP contribution < -0.4 is 4.74 Å². The molecular formula is C16H23NO3. The fraction of sp³-hybridized carbons (Fsp3) is 0.562. The molecule has 4 heteroatoms. The third-order valence-corrected chi connectivity index (χ3v) is 3.66. The lowest BCUT2D eigenvalue weighted by Crippen LogP contribution is -2.36. The summed E-state index contributed by atoms with van der Waals surface area (Å²) in [5, 5.41) is 9.95. The highest BCUT2D eigenvalue weighted by Gasteiger charge is 2.31. The van der Waals surface area contributed by atoms with Crippen LogP contribution >= 0.6 is 0 Å². The standard InChI is InChI=1S/C16H23NO3/c1-3-14(18)13-7-5-6-8-15(13)20-11-16(19)17(4-2)12-9-10-12/h5-8,12,14,18H,3-4,9-11H2,1-2H3/t14-/m1/s1. The molecule has 110 valence electrons. The van der Waals surface area contributed by atoms with E-state index in [-0.39, 0.29) is 12.5 Å². The van der Waals surface area contributed by atoms with Gasteiger partial charge in [-0.1, -0.05) is 25.1 Å². The molecule has 0 unspecified atom stereocenters. The highest BCUT2D eigenvalue weighted by molar-refractivity contribution is 5.78. The Morgan fingerprint density at radius 1 is 1.40 bits per heavy atom. The fourth-order valence-corrected chi connectivity index (χ4v) is 2.35. The number of ether oxygens (including phenoxy) is 1. The first-order chi connectivity index (χ1) is 9.67. The summed E-state index contributed by atoms with van der Waals surface area (Å²) in [6, 6.07) is 7.77. The maximum Gasteiger partial charge on any atom is 0.260 e. The average molecular weight is 277 g/mol. The van der Waals surface area contributed by atoms with E-state index in [2.05, 4.69) is 0 Å². The monoisotopic (exact) mass is 277 g/mol. The SMILES string of the molecule is CC[C@@H](O)c1ccccc1OCC(=O)N(CC)C1CC1. The smallest absolute Gasteiger partial charge is 0.260 e. The fourth-order valence-electron chi connectivity index (χ4n) is 2.35. The molecule has 1 saturated carbocycles. The van der Waals surface area contributed by atoms with E-state index in [4.69, 9.17) is 4.74 Å². The van der Waals surface area contributed by atoms with Gasteiger partial charge in [-0.15, -0.1) is 0 Å². The first kappa shape index (κ1) is 14.9. The number of likely N-dealkylation sites (N-methyl/N-ethyl adjacent to an activating group) is 1. The quantitative estimate of drug-likeness (QED) is 0.833. The zero-order valence-electron chi connectivity index (χ0n) is 12.2. The molecular weight excluding hydrogens is 254 g/mol. The van der Waals surface area contributed by atoms with E-state index in [1.807, 2.05) is 36.9 Å². The summed E-state index contributed by atoms with van der Waals surface area (Å²) in [7, 11) is 0. The molecule has 0 bridgehead atoms. The molecule has 0 aromatic heterocycles. The van der Waals surface area contributed by atoms with Gasteiger partial charge in [-0.25, -0.2) is 0 Å². The molecule has 2 rings (SSSR count). The predicted octanol–water partition coefficient (Wildman–Crippen LogP) is 2.52. The van der Waals surface area contributed by atoms with E-state index in [0.717, 1.165) is 24.9 Å². The van der Waals surface area contributed by atoms with Gasteiger partial charge in [0.2, 0.25) is 0 Å². The minimum absolute atomic E-state index is 0.0239. The Hall–Kier alpha value is -1.55. The molecule has 0 spiro atoms. The molecule has 1 atom stereocenters. The summed E-state index contributed by atoms with van der Waals surface area (Å²) < 4.78 is 5.63. The van der Waals surface area contributed by atoms with Gasteiger partial charge in [0.05, 0.1) is 6.10 Å². The van der Waals surface area contributed by atoms with Crippen LogP contribution in [0.25, 0.3) is 0 Å². The molecule has 20 heavy (non-hydrogen) atoms. The number of para-hydroxylation sites is 1. The summed E-state index contributed by atoms with van der Waals surface area (Å²) in [4.78, 5) is 14.0. The predicted molar refractivity (Wildman–Crippen MR) is 77.6 cm³/mol. The van der Waals surface area contributed by atoms with Crippen molar-refractivity contribution in [3.8, 4) is 5.75 Å². The van der Waals surface area contributed by atoms with Crippen molar-refractivity contribution in [2.45, 2.75) is 45.3 Å². The Bertz CT molecular complexity index is 457. The first-order valence-electron chi connectivity index (χ1n) is 7.36. The van der Waals surface area contributed by atoms with Crippen LogP contribution in [0.4, 0.5) is 0 Å². The van der Waals surface area contributed by atoms with Gasteiger partial charge >= 0.3 is 0 Å². The largest absolute Gasteiger partial charge is 0.483 e. The van der Waals surface area contributed by atoms with Gasteiger partial charge in [-0.3, -0.25) is 4.79 Å². The minimum Gasteiger partial charge on any atom is -0.483 e. The van der Waals surface area contributed by atoms with Crippen LogP contribution in [-0.2, 0) is 4.79 Å². The molecule has 1 aromatic rings. The van der Waals surface area contributed by atoms with Gasteiger partial charge in [0.1, 0.15) is 5.75 Å². The van der Waals surface area contributed by atoms with E-state index in [9.17, 15) is 9.90 Å². The van der Waals surface area contributed by atoms with Crippen molar-refractivity contribution in [1.82, 2.24) is 4.90 Å². The Morgan fingerprint density at radius 2 is 2.10 bits per heavy atom. The molecule has 1 fully saturated rings. The second-order valence-corrected chi connectivity index (χ2v) is 5.16. The zero-order chi connectivity index (χ0) is 14.5. The van der Waals surface area contributed by atoms with Gasteiger partial charge in [0, 0.05) is 18.2 Å². The van der Waals surface area contributed by atoms with Crippen molar-refractivity contribution in [1.29, 1.82) is 0 Å². The number of carbonyl (C=O) groups excluding carboxylic acids is 1. The van der Waals surface area contributed by atoms with Crippen molar-refractivity contribution in [3.05, 3.63) is 29.8 Å². The van der Waals surface area contributed by atoms with Crippen molar-refractivity contribution >= 4 is 5.91 Å². The third kappa shape index (κ3) is 3.51. The molecule has 0 radical (unpaired) electrons. The normalized spacial score (nSPS) is 15.8. The topological polar surface area (TPSA) is 49.8 Å². The zero-order valence-corrected chi connectivity index (χ0v) is 12.2. The lowest BCUT2D eigenvalue weighted by molar-refractivity contribution is -0.133. The van der Waals surface area contributed by atoms with Crippen molar-refractivity contribution in [2.24, 2.45) is 0 Å². The van der Waals surface area contributed by atoms with Crippen LogP contribution in [0.5, 0.6) is 5.75 Å². The molecule has 1 amide bonds. The maximum atomic E-state index is 12.1. The Balaban J connectivity index is 1.98. The second kappa shape index (κ2) is 6.75. The molecule has 1 aromatic carbocycles. The molecule has 0 saturated heterocycles. The number of amides is 1. The second-order valence-electron chi connectivity index (χ2n) is 5.16. The van der Waals surface area contributed by atoms with E-state index in [1.54, 1.807) is 6.07 Å². The van der Waals surface area contributed by atoms with Gasteiger partial charge < -0.3 is 14.7 Å². The van der Waals surface area contributed by atoms with E-state index >= 15 is 0 Å². The number of rotatable bonds is 7. The van der Waals surface area contributed by atoms with Crippen LogP contribution in [0, 0.1) is 0 Å². The van der Waals surface area contributed by atoms with Crippen molar-refractivity contribution in [2.75, 3.05) is 13.2 Å². The van der Waals surface area contributed by atoms with Crippen LogP contribution in [0.1, 0.15) is 44.8 Å². The van der Waals surface area contributed by atoms with E-state index < -0.39 is 6.10 Å². The molecule has 1 aliphatic carbocycles. The molecule has 0 aliphatic heterocycles. The Kier molecular flexibility index (Phi) is 5.01. The molecule has 1 N–H and O–H groups in total. The number of carbonyl (C=O) groups is 1. The summed E-state index contributed by atoms with van der Waals surface area (Å²) in [6.45, 7) is 4.67. The minimum atomic E-state index is -0.549. The summed E-state index contributed by atoms with van der Waals surface area (Å²) >= 11 is 0. The number of aliphatic hydroxyl groups is 1. The first-order valence-corrected chi connectivity index (χ1v) is 7.36. The maximum absolute atomic E-state index is 12.1. The van der Waals surface area contributed by atoms with Gasteiger partial charge in [-0.2, -0.15) is 0 Å². The number of nitrogens with zero attached hydrogens (tertiary/aromatic N) is 1. The highest BCUT2D eigenvalue weighted by atomic mass is 16.5. The summed E-state index contributed by atoms with van der Waals surface area (Å²) in [5.74, 6) is 0.623. The van der Waals surface area contributed by atoms with Gasteiger partial charge in [0.15, 0.2) is 6.61 Å². The van der Waals surface area contributed by atoms with Gasteiger partial charge in [-0.05, 0) is 32.3 Å². The van der Waals surface area contributed by atoms with Crippen LogP contribution in [-0.4, -0.2) is 35.1 Å². The lowest BCUT2D eigenvalue weighted by Gasteiger charge is -2.21. The van der Waals surface area contributed by atoms with Gasteiger partial charge in [0.25, 0.3) is 5.91 Å². The molecule has 0 heterocycles. The van der Waals surface area contributed by atoms with E-state index in [1.165, 1.54) is 0 Å². The number of benzene rings is 1. The summed E-state index contributed by atoms with van der Waals surface area (Å²) in [6.07, 6.45) is 2.28. The number of hydrogen-bond donors (Lipinski definition) is 1. The highest BCUT2D eigenvalue weighted by Crippen LogP contribution is 2.28. The van der Waals surface area contributed by atoms with Crippen LogP contribution in [0.15, 0.2) is 24.3 Å². The summed E-state index contributed by atoms with van der Waals surface area (Å²) in [5.41, 5.74) is 0.747. The van der Waals surface area contributed by atoms with Crippen molar-refractivity contribution < 1.29 is 14.6 Å². The molecule has 4 nitrogen and oxygen atoms in total.